The van der Waals surface area contributed by atoms with Gasteiger partial charge in [-0.15, -0.1) is 11.3 Å². The molecule has 0 radical (unpaired) electrons. The Balaban J connectivity index is 1.57. The molecule has 2 aromatic carbocycles. The number of nitrogens with zero attached hydrogens (tertiary/aromatic N) is 5. The van der Waals surface area contributed by atoms with Gasteiger partial charge in [0.25, 0.3) is 0 Å². The second-order valence-corrected chi connectivity index (χ2v) is 16.3. The number of hydrogen-bond donors (Lipinski definition) is 4. The van der Waals surface area contributed by atoms with E-state index in [1.54, 1.807) is 15.2 Å². The summed E-state index contributed by atoms with van der Waals surface area (Å²) in [6, 6.07) is 13.1. The third kappa shape index (κ3) is 10.6. The summed E-state index contributed by atoms with van der Waals surface area (Å²) in [5, 5.41) is 31.5. The third-order valence-electron chi connectivity index (χ3n) is 8.88. The Morgan fingerprint density at radius 1 is 1.08 bits per heavy atom. The van der Waals surface area contributed by atoms with E-state index in [4.69, 9.17) is 5.21 Å². The molecule has 1 aliphatic rings. The van der Waals surface area contributed by atoms with Crippen molar-refractivity contribution in [1.29, 1.82) is 0 Å². The highest BCUT2D eigenvalue weighted by molar-refractivity contribution is 7.89. The van der Waals surface area contributed by atoms with Crippen molar-refractivity contribution >= 4 is 50.6 Å². The molecule has 16 heteroatoms. The Labute approximate surface area is 309 Å². The first-order valence-corrected chi connectivity index (χ1v) is 19.6. The van der Waals surface area contributed by atoms with E-state index in [1.807, 2.05) is 58.0 Å². The van der Waals surface area contributed by atoms with Crippen molar-refractivity contribution < 1.29 is 33.1 Å². The number of hydrogen-bond acceptors (Lipinski definition) is 10. The van der Waals surface area contributed by atoms with Crippen molar-refractivity contribution in [3.63, 3.8) is 0 Å². The number of urea groups is 1. The largest absolute Gasteiger partial charge is 0.411 e. The number of aliphatic hydroxyl groups is 1. The van der Waals surface area contributed by atoms with E-state index >= 15 is 0 Å². The first-order valence-electron chi connectivity index (χ1n) is 17.3. The summed E-state index contributed by atoms with van der Waals surface area (Å²) in [7, 11) is -4.08. The summed E-state index contributed by atoms with van der Waals surface area (Å²) >= 11 is 1.27. The van der Waals surface area contributed by atoms with Gasteiger partial charge in [-0.25, -0.2) is 18.2 Å². The standard InChI is InChI=1S/C36H49N7O7S2/c1-6-25(4)33(43-17-16-41(36(43)47)21-29-23-51-35(39-29)38-26(5)44)34(46)40-31(18-27-10-8-7-9-11-27)32(45)22-42(20-24(2)3)52(49,50)30-14-12-28(13-15-30)19-37-48/h7-15,19,23-25,31-33,45,48H,6,16-18,20-22H2,1-5H3,(H,40,46)(H,38,39,44)/t25-,31-,32+,33-/m0/s1. The topological polar surface area (TPSA) is 185 Å². The molecular formula is C36H49N7O7S2. The number of nitrogens with one attached hydrogen (secondary N) is 2. The lowest BCUT2D eigenvalue weighted by Gasteiger charge is -2.35. The molecule has 0 unspecified atom stereocenters. The van der Waals surface area contributed by atoms with Crippen molar-refractivity contribution in [3.05, 3.63) is 76.8 Å². The summed E-state index contributed by atoms with van der Waals surface area (Å²) in [6.07, 6.45) is 0.689. The average Bonchev–Trinajstić information content (AvgIpc) is 3.69. The fourth-order valence-corrected chi connectivity index (χ4v) is 8.46. The highest BCUT2D eigenvalue weighted by Crippen LogP contribution is 2.25. The average molecular weight is 756 g/mol. The van der Waals surface area contributed by atoms with Gasteiger partial charge in [0.2, 0.25) is 21.8 Å². The van der Waals surface area contributed by atoms with E-state index in [9.17, 15) is 27.9 Å². The highest BCUT2D eigenvalue weighted by atomic mass is 32.2. The number of anilines is 1. The van der Waals surface area contributed by atoms with Gasteiger partial charge in [-0.05, 0) is 41.5 Å². The van der Waals surface area contributed by atoms with Crippen LogP contribution in [0.4, 0.5) is 9.93 Å². The van der Waals surface area contributed by atoms with Crippen LogP contribution >= 0.6 is 11.3 Å². The Kier molecular flexibility index (Phi) is 14.3. The molecule has 1 aromatic heterocycles. The molecule has 0 aliphatic carbocycles. The van der Waals surface area contributed by atoms with Crippen molar-refractivity contribution in [3.8, 4) is 0 Å². The molecule has 282 valence electrons. The molecule has 0 bridgehead atoms. The zero-order valence-corrected chi connectivity index (χ0v) is 31.8. The van der Waals surface area contributed by atoms with Gasteiger partial charge in [-0.1, -0.05) is 81.7 Å². The summed E-state index contributed by atoms with van der Waals surface area (Å²) in [6.45, 7) is 9.71. The molecule has 1 fully saturated rings. The fraction of sp³-hybridized carbons (Fsp3) is 0.472. The van der Waals surface area contributed by atoms with Crippen molar-refractivity contribution in [1.82, 2.24) is 24.4 Å². The highest BCUT2D eigenvalue weighted by Gasteiger charge is 2.41. The molecule has 52 heavy (non-hydrogen) atoms. The number of benzene rings is 2. The van der Waals surface area contributed by atoms with Crippen molar-refractivity contribution in [2.75, 3.05) is 31.5 Å². The van der Waals surface area contributed by atoms with Gasteiger partial charge >= 0.3 is 6.03 Å². The molecule has 2 heterocycles. The van der Waals surface area contributed by atoms with E-state index in [0.717, 1.165) is 5.56 Å². The van der Waals surface area contributed by atoms with Crippen LogP contribution in [-0.4, -0.2) is 106 Å². The van der Waals surface area contributed by atoms with Gasteiger partial charge in [-0.3, -0.25) is 9.59 Å². The van der Waals surface area contributed by atoms with Crippen LogP contribution in [0.25, 0.3) is 0 Å². The summed E-state index contributed by atoms with van der Waals surface area (Å²) < 4.78 is 29.0. The summed E-state index contributed by atoms with van der Waals surface area (Å²) in [5.41, 5.74) is 1.96. The van der Waals surface area contributed by atoms with Crippen LogP contribution in [0.2, 0.25) is 0 Å². The summed E-state index contributed by atoms with van der Waals surface area (Å²) in [5.74, 6) is -0.992. The quantitative estimate of drug-likeness (QED) is 0.0853. The first kappa shape index (κ1) is 40.4. The van der Waals surface area contributed by atoms with Gasteiger partial charge in [-0.2, -0.15) is 4.31 Å². The minimum atomic E-state index is -4.08. The number of carbonyl (C=O) groups is 3. The summed E-state index contributed by atoms with van der Waals surface area (Å²) in [4.78, 5) is 47.0. The van der Waals surface area contributed by atoms with Gasteiger partial charge < -0.3 is 30.7 Å². The molecule has 0 spiro atoms. The van der Waals surface area contributed by atoms with Crippen LogP contribution in [0, 0.1) is 11.8 Å². The third-order valence-corrected chi connectivity index (χ3v) is 11.5. The smallest absolute Gasteiger partial charge is 0.321 e. The van der Waals surface area contributed by atoms with Crippen LogP contribution in [-0.2, 0) is 32.6 Å². The number of aliphatic hydroxyl groups excluding tert-OH is 1. The minimum absolute atomic E-state index is 0.0111. The SMILES string of the molecule is CC[C@H](C)[C@@H](C(=O)N[C@@H](Cc1ccccc1)[C@H](O)CN(CC(C)C)S(=O)(=O)c1ccc(C=NO)cc1)N1CCN(Cc2csc(NC(C)=O)n2)C1=O. The number of oxime groups is 1. The molecule has 3 aromatic rings. The lowest BCUT2D eigenvalue weighted by atomic mass is 9.95. The van der Waals surface area contributed by atoms with E-state index in [0.29, 0.717) is 35.9 Å². The number of rotatable bonds is 18. The van der Waals surface area contributed by atoms with E-state index in [-0.39, 0.29) is 54.7 Å². The zero-order chi connectivity index (χ0) is 38.0. The molecule has 4 N–H and O–H groups in total. The Morgan fingerprint density at radius 2 is 1.77 bits per heavy atom. The van der Waals surface area contributed by atoms with E-state index < -0.39 is 34.1 Å². The van der Waals surface area contributed by atoms with Crippen LogP contribution < -0.4 is 10.6 Å². The second-order valence-electron chi connectivity index (χ2n) is 13.5. The number of sulfonamides is 1. The van der Waals surface area contributed by atoms with Gasteiger partial charge in [0.1, 0.15) is 6.04 Å². The Bertz CT molecular complexity index is 1790. The minimum Gasteiger partial charge on any atom is -0.411 e. The predicted molar refractivity (Wildman–Crippen MR) is 200 cm³/mol. The molecule has 4 amide bonds. The number of thiazole rings is 1. The van der Waals surface area contributed by atoms with Gasteiger partial charge in [0.15, 0.2) is 5.13 Å². The number of aromatic nitrogens is 1. The van der Waals surface area contributed by atoms with Crippen molar-refractivity contribution in [2.24, 2.45) is 17.0 Å². The first-order chi connectivity index (χ1) is 24.7. The van der Waals surface area contributed by atoms with Gasteiger partial charge in [0.05, 0.1) is 35.5 Å². The maximum Gasteiger partial charge on any atom is 0.321 e. The number of carbonyl (C=O) groups excluding carboxylic acids is 3. The van der Waals surface area contributed by atoms with E-state index in [2.05, 4.69) is 20.8 Å². The molecular weight excluding hydrogens is 707 g/mol. The molecule has 1 aliphatic heterocycles. The van der Waals surface area contributed by atoms with Gasteiger partial charge in [0, 0.05) is 38.5 Å². The molecule has 0 saturated carbocycles. The molecule has 1 saturated heterocycles. The van der Waals surface area contributed by atoms with Crippen molar-refractivity contribution in [2.45, 2.75) is 77.1 Å². The maximum atomic E-state index is 14.3. The maximum absolute atomic E-state index is 14.3. The Hall–Kier alpha value is -4.38. The molecule has 14 nitrogen and oxygen atoms in total. The van der Waals surface area contributed by atoms with Crippen LogP contribution in [0.1, 0.15) is 57.9 Å². The zero-order valence-electron chi connectivity index (χ0n) is 30.2. The molecule has 4 rings (SSSR count). The van der Waals surface area contributed by atoms with E-state index in [1.165, 1.54) is 53.0 Å². The van der Waals surface area contributed by atoms with Crippen LogP contribution in [0.5, 0.6) is 0 Å². The fourth-order valence-electron chi connectivity index (χ4n) is 6.09. The predicted octanol–water partition coefficient (Wildman–Crippen LogP) is 4.00. The normalized spacial score (nSPS) is 16.0. The lowest BCUT2D eigenvalue weighted by Crippen LogP contribution is -2.57. The monoisotopic (exact) mass is 755 g/mol. The second kappa shape index (κ2) is 18.4. The Morgan fingerprint density at radius 3 is 2.38 bits per heavy atom. The van der Waals surface area contributed by atoms with Crippen LogP contribution in [0.15, 0.2) is 70.0 Å². The lowest BCUT2D eigenvalue weighted by molar-refractivity contribution is -0.128. The molecule has 4 atom stereocenters. The van der Waals surface area contributed by atoms with Crippen LogP contribution in [0.3, 0.4) is 0 Å². The number of amides is 4.